The van der Waals surface area contributed by atoms with Crippen LogP contribution in [0.3, 0.4) is 0 Å². The number of hydrogen-bond donors (Lipinski definition) is 0. The Morgan fingerprint density at radius 2 is 2.00 bits per heavy atom. The van der Waals surface area contributed by atoms with Crippen LogP contribution in [-0.2, 0) is 7.05 Å². The molecule has 13 heavy (non-hydrogen) atoms. The molecule has 0 atom stereocenters. The van der Waals surface area contributed by atoms with E-state index in [1.807, 2.05) is 48.1 Å². The molecule has 0 aliphatic heterocycles. The highest BCUT2D eigenvalue weighted by Gasteiger charge is 2.08. The van der Waals surface area contributed by atoms with Gasteiger partial charge in [0.2, 0.25) is 5.52 Å². The van der Waals surface area contributed by atoms with Gasteiger partial charge in [0, 0.05) is 11.5 Å². The molecule has 0 aliphatic rings. The van der Waals surface area contributed by atoms with Gasteiger partial charge in [-0.3, -0.25) is 4.79 Å². The Morgan fingerprint density at radius 1 is 1.23 bits per heavy atom. The van der Waals surface area contributed by atoms with E-state index in [4.69, 9.17) is 0 Å². The smallest absolute Gasteiger partial charge is 0.222 e. The first-order valence-electron chi connectivity index (χ1n) is 4.15. The molecule has 0 radical (unpaired) electrons. The Hall–Kier alpha value is -1.70. The van der Waals surface area contributed by atoms with Gasteiger partial charge in [0.1, 0.15) is 7.05 Å². The molecule has 64 valence electrons. The van der Waals surface area contributed by atoms with Crippen LogP contribution in [0, 0.1) is 0 Å². The number of benzene rings is 1. The Bertz CT molecular complexity index is 457. The minimum absolute atomic E-state index is 0.737. The third-order valence-corrected chi connectivity index (χ3v) is 2.16. The van der Waals surface area contributed by atoms with Crippen molar-refractivity contribution in [2.24, 2.45) is 7.05 Å². The second-order valence-electron chi connectivity index (χ2n) is 3.02. The van der Waals surface area contributed by atoms with Crippen molar-refractivity contribution in [3.63, 3.8) is 0 Å². The van der Waals surface area contributed by atoms with Gasteiger partial charge in [-0.1, -0.05) is 6.07 Å². The first-order valence-corrected chi connectivity index (χ1v) is 4.15. The van der Waals surface area contributed by atoms with Crippen molar-refractivity contribution in [1.82, 2.24) is 0 Å². The highest BCUT2D eigenvalue weighted by atomic mass is 16.1. The van der Waals surface area contributed by atoms with Gasteiger partial charge in [0.15, 0.2) is 12.5 Å². The third-order valence-electron chi connectivity index (χ3n) is 2.16. The number of carbonyl (C=O) groups excluding carboxylic acids is 1. The Kier molecular flexibility index (Phi) is 1.81. The quantitative estimate of drug-likeness (QED) is 0.471. The topological polar surface area (TPSA) is 20.9 Å². The van der Waals surface area contributed by atoms with Gasteiger partial charge in [0.05, 0.1) is 5.56 Å². The molecule has 0 unspecified atom stereocenters. The minimum Gasteiger partial charge on any atom is -0.298 e. The number of para-hydroxylation sites is 1. The van der Waals surface area contributed by atoms with Crippen LogP contribution in [0.25, 0.3) is 10.9 Å². The number of aryl methyl sites for hydroxylation is 1. The van der Waals surface area contributed by atoms with Crippen molar-refractivity contribution in [1.29, 1.82) is 0 Å². The molecule has 2 nitrogen and oxygen atoms in total. The molecule has 0 saturated heterocycles. The number of carbonyl (C=O) groups is 1. The van der Waals surface area contributed by atoms with E-state index in [0.717, 1.165) is 22.8 Å². The summed E-state index contributed by atoms with van der Waals surface area (Å²) in [4.78, 5) is 10.8. The molecule has 2 heteroatoms. The summed E-state index contributed by atoms with van der Waals surface area (Å²) in [5.41, 5.74) is 1.72. The molecule has 0 aliphatic carbocycles. The molecule has 2 rings (SSSR count). The standard InChI is InChI=1S/C11H10NO/c1-12-7-3-6-9-4-2-5-10(8-13)11(9)12/h2-8H,1H3/q+1. The third kappa shape index (κ3) is 1.20. The van der Waals surface area contributed by atoms with Crippen LogP contribution in [0.1, 0.15) is 10.4 Å². The minimum atomic E-state index is 0.737. The Labute approximate surface area is 76.4 Å². The van der Waals surface area contributed by atoms with Gasteiger partial charge in [0.25, 0.3) is 0 Å². The zero-order chi connectivity index (χ0) is 9.26. The maximum absolute atomic E-state index is 10.8. The van der Waals surface area contributed by atoms with Gasteiger partial charge in [-0.05, 0) is 18.2 Å². The number of pyridine rings is 1. The van der Waals surface area contributed by atoms with E-state index in [1.165, 1.54) is 0 Å². The van der Waals surface area contributed by atoms with Crippen LogP contribution in [0.15, 0.2) is 36.5 Å². The molecular formula is C11H10NO+. The summed E-state index contributed by atoms with van der Waals surface area (Å²) < 4.78 is 1.96. The number of aldehydes is 1. The lowest BCUT2D eigenvalue weighted by atomic mass is 10.1. The number of hydrogen-bond acceptors (Lipinski definition) is 1. The van der Waals surface area contributed by atoms with Crippen molar-refractivity contribution in [3.8, 4) is 0 Å². The van der Waals surface area contributed by atoms with Crippen molar-refractivity contribution in [2.75, 3.05) is 0 Å². The molecule has 0 amide bonds. The Balaban J connectivity index is 2.94. The monoisotopic (exact) mass is 172 g/mol. The van der Waals surface area contributed by atoms with Crippen molar-refractivity contribution in [3.05, 3.63) is 42.1 Å². The lowest BCUT2D eigenvalue weighted by molar-refractivity contribution is -0.644. The fourth-order valence-corrected chi connectivity index (χ4v) is 1.57. The fourth-order valence-electron chi connectivity index (χ4n) is 1.57. The summed E-state index contributed by atoms with van der Waals surface area (Å²) in [6.07, 6.45) is 2.83. The zero-order valence-corrected chi connectivity index (χ0v) is 7.40. The summed E-state index contributed by atoms with van der Waals surface area (Å²) in [6.45, 7) is 0. The first kappa shape index (κ1) is 7.92. The Morgan fingerprint density at radius 3 is 2.77 bits per heavy atom. The first-order chi connectivity index (χ1) is 6.33. The molecule has 1 aromatic carbocycles. The van der Waals surface area contributed by atoms with Crippen molar-refractivity contribution < 1.29 is 9.36 Å². The summed E-state index contributed by atoms with van der Waals surface area (Å²) >= 11 is 0. The van der Waals surface area contributed by atoms with Gasteiger partial charge in [-0.25, -0.2) is 4.57 Å². The van der Waals surface area contributed by atoms with Crippen LogP contribution >= 0.6 is 0 Å². The maximum atomic E-state index is 10.8. The summed E-state index contributed by atoms with van der Waals surface area (Å²) in [5.74, 6) is 0. The SMILES string of the molecule is C[n+]1cccc2cccc(C=O)c21. The molecule has 0 saturated carbocycles. The highest BCUT2D eigenvalue weighted by Crippen LogP contribution is 2.12. The second-order valence-corrected chi connectivity index (χ2v) is 3.02. The van der Waals surface area contributed by atoms with Crippen LogP contribution in [0.4, 0.5) is 0 Å². The van der Waals surface area contributed by atoms with E-state index in [1.54, 1.807) is 0 Å². The fraction of sp³-hybridized carbons (Fsp3) is 0.0909. The van der Waals surface area contributed by atoms with Crippen LogP contribution in [-0.4, -0.2) is 6.29 Å². The van der Waals surface area contributed by atoms with Gasteiger partial charge in [-0.15, -0.1) is 0 Å². The average molecular weight is 172 g/mol. The normalized spacial score (nSPS) is 10.2. The van der Waals surface area contributed by atoms with E-state index in [0.29, 0.717) is 0 Å². The van der Waals surface area contributed by atoms with Crippen LogP contribution < -0.4 is 4.57 Å². The molecule has 1 heterocycles. The molecule has 1 aromatic heterocycles. The van der Waals surface area contributed by atoms with E-state index in [9.17, 15) is 4.79 Å². The molecule has 2 aromatic rings. The predicted octanol–water partition coefficient (Wildman–Crippen LogP) is 1.48. The molecule has 0 bridgehead atoms. The van der Waals surface area contributed by atoms with Crippen molar-refractivity contribution >= 4 is 17.2 Å². The molecule has 0 N–H and O–H groups in total. The average Bonchev–Trinajstić information content (AvgIpc) is 2.17. The van der Waals surface area contributed by atoms with Crippen molar-refractivity contribution in [2.45, 2.75) is 0 Å². The van der Waals surface area contributed by atoms with Gasteiger partial charge < -0.3 is 0 Å². The summed E-state index contributed by atoms with van der Waals surface area (Å²) in [7, 11) is 1.94. The van der Waals surface area contributed by atoms with E-state index < -0.39 is 0 Å². The second kappa shape index (κ2) is 2.98. The number of rotatable bonds is 1. The number of aromatic nitrogens is 1. The summed E-state index contributed by atoms with van der Waals surface area (Å²) in [5, 5.41) is 1.09. The van der Waals surface area contributed by atoms with E-state index in [2.05, 4.69) is 0 Å². The molecule has 0 fully saturated rings. The lowest BCUT2D eigenvalue weighted by Crippen LogP contribution is -2.28. The van der Waals surface area contributed by atoms with Crippen LogP contribution in [0.5, 0.6) is 0 Å². The predicted molar refractivity (Wildman–Crippen MR) is 50.5 cm³/mol. The number of nitrogens with zero attached hydrogens (tertiary/aromatic N) is 1. The summed E-state index contributed by atoms with van der Waals surface area (Å²) in [6, 6.07) is 9.70. The van der Waals surface area contributed by atoms with E-state index in [-0.39, 0.29) is 0 Å². The number of fused-ring (bicyclic) bond motifs is 1. The van der Waals surface area contributed by atoms with Gasteiger partial charge >= 0.3 is 0 Å². The lowest BCUT2D eigenvalue weighted by Gasteiger charge is -1.97. The zero-order valence-electron chi connectivity index (χ0n) is 7.40. The van der Waals surface area contributed by atoms with E-state index >= 15 is 0 Å². The largest absolute Gasteiger partial charge is 0.298 e. The highest BCUT2D eigenvalue weighted by molar-refractivity contribution is 5.93. The molecule has 0 spiro atoms. The van der Waals surface area contributed by atoms with Crippen LogP contribution in [0.2, 0.25) is 0 Å². The maximum Gasteiger partial charge on any atom is 0.222 e. The van der Waals surface area contributed by atoms with Gasteiger partial charge in [-0.2, -0.15) is 0 Å². The molecular weight excluding hydrogens is 162 g/mol.